The molecule has 0 saturated carbocycles. The maximum Gasteiger partial charge on any atom is 0.251 e. The molecule has 37 heavy (non-hydrogen) atoms. The molecule has 10 heteroatoms. The van der Waals surface area contributed by atoms with Crippen molar-refractivity contribution >= 4 is 40.4 Å². The number of aromatic nitrogens is 2. The van der Waals surface area contributed by atoms with Crippen LogP contribution >= 0.6 is 11.6 Å². The van der Waals surface area contributed by atoms with E-state index < -0.39 is 0 Å². The molecular formula is C27H33ClFN7O. The van der Waals surface area contributed by atoms with Gasteiger partial charge in [0.2, 0.25) is 0 Å². The molecule has 0 spiro atoms. The van der Waals surface area contributed by atoms with E-state index in [4.69, 9.17) is 17.3 Å². The fraction of sp³-hybridized carbons (Fsp3) is 0.370. The first-order chi connectivity index (χ1) is 17.5. The third-order valence-electron chi connectivity index (χ3n) is 6.75. The van der Waals surface area contributed by atoms with Gasteiger partial charge in [-0.25, -0.2) is 14.4 Å². The third kappa shape index (κ3) is 5.78. The lowest BCUT2D eigenvalue weighted by molar-refractivity contribution is 0.0943. The van der Waals surface area contributed by atoms with Crippen molar-refractivity contribution in [3.05, 3.63) is 59.3 Å². The average Bonchev–Trinajstić information content (AvgIpc) is 2.85. The normalized spacial score (nSPS) is 18.2. The van der Waals surface area contributed by atoms with Crippen LogP contribution in [0.1, 0.15) is 38.1 Å². The van der Waals surface area contributed by atoms with Gasteiger partial charge in [0.25, 0.3) is 5.91 Å². The summed E-state index contributed by atoms with van der Waals surface area (Å²) in [6.45, 7) is 9.57. The number of rotatable bonds is 6. The Labute approximate surface area is 222 Å². The van der Waals surface area contributed by atoms with Gasteiger partial charge in [-0.05, 0) is 64.6 Å². The van der Waals surface area contributed by atoms with E-state index in [1.54, 1.807) is 36.4 Å². The quantitative estimate of drug-likeness (QED) is 0.392. The highest BCUT2D eigenvalue weighted by Gasteiger charge is 2.29. The molecule has 8 nitrogen and oxygen atoms in total. The second-order valence-corrected chi connectivity index (χ2v) is 10.2. The van der Waals surface area contributed by atoms with Crippen LogP contribution in [0.5, 0.6) is 0 Å². The highest BCUT2D eigenvalue weighted by atomic mass is 35.5. The van der Waals surface area contributed by atoms with Crippen LogP contribution in [0, 0.1) is 5.82 Å². The van der Waals surface area contributed by atoms with E-state index in [0.29, 0.717) is 33.9 Å². The smallest absolute Gasteiger partial charge is 0.251 e. The molecule has 0 unspecified atom stereocenters. The van der Waals surface area contributed by atoms with Gasteiger partial charge in [0.15, 0.2) is 11.0 Å². The Morgan fingerprint density at radius 2 is 1.78 bits per heavy atom. The number of amides is 1. The second-order valence-electron chi connectivity index (χ2n) is 9.87. The summed E-state index contributed by atoms with van der Waals surface area (Å²) in [4.78, 5) is 25.0. The van der Waals surface area contributed by atoms with E-state index in [1.165, 1.54) is 6.33 Å². The number of likely N-dealkylation sites (N-methyl/N-ethyl adjacent to an activating group) is 1. The maximum atomic E-state index is 15.6. The minimum Gasteiger partial charge on any atom is -0.393 e. The summed E-state index contributed by atoms with van der Waals surface area (Å²) in [5.41, 5.74) is 9.22. The van der Waals surface area contributed by atoms with Gasteiger partial charge in [0, 0.05) is 42.3 Å². The maximum absolute atomic E-state index is 15.6. The molecule has 3 aromatic rings. The number of nitrogens with two attached hydrogens (primary N) is 1. The van der Waals surface area contributed by atoms with Gasteiger partial charge in [-0.1, -0.05) is 23.7 Å². The fourth-order valence-electron chi connectivity index (χ4n) is 4.49. The van der Waals surface area contributed by atoms with Gasteiger partial charge < -0.3 is 21.3 Å². The van der Waals surface area contributed by atoms with Crippen LogP contribution in [0.25, 0.3) is 11.1 Å². The number of carbonyl (C=O) groups is 1. The number of anilines is 4. The largest absolute Gasteiger partial charge is 0.393 e. The summed E-state index contributed by atoms with van der Waals surface area (Å²) in [6, 6.07) is 10.7. The Kier molecular flexibility index (Phi) is 7.85. The number of piperazine rings is 1. The van der Waals surface area contributed by atoms with Gasteiger partial charge in [0.05, 0.1) is 11.4 Å². The van der Waals surface area contributed by atoms with Crippen molar-refractivity contribution in [1.29, 1.82) is 0 Å². The summed E-state index contributed by atoms with van der Waals surface area (Å²) >= 11 is 6.12. The molecule has 1 amide bonds. The summed E-state index contributed by atoms with van der Waals surface area (Å²) in [7, 11) is 2.10. The molecule has 2 aromatic carbocycles. The Bertz CT molecular complexity index is 1270. The fourth-order valence-corrected chi connectivity index (χ4v) is 4.63. The average molecular weight is 526 g/mol. The molecule has 196 valence electrons. The van der Waals surface area contributed by atoms with E-state index in [0.717, 1.165) is 13.1 Å². The molecule has 1 fully saturated rings. The second kappa shape index (κ2) is 10.9. The molecule has 4 N–H and O–H groups in total. The predicted octanol–water partition coefficient (Wildman–Crippen LogP) is 4.93. The molecule has 1 saturated heterocycles. The minimum atomic E-state index is -0.368. The Balaban J connectivity index is 1.76. The molecule has 0 bridgehead atoms. The van der Waals surface area contributed by atoms with E-state index in [1.807, 2.05) is 13.8 Å². The lowest BCUT2D eigenvalue weighted by atomic mass is 10.00. The SMILES string of the molecule is CC(C)NC(=O)c1ccc(-c2cc(Nc3ncnc(Cl)c3N)c(N3C[C@@H](C)N(C)[C@@H](C)C3)cc2F)cc1. The number of nitrogens with zero attached hydrogens (tertiary/aromatic N) is 4. The molecule has 0 radical (unpaired) electrons. The van der Waals surface area contributed by atoms with Crippen molar-refractivity contribution < 1.29 is 9.18 Å². The zero-order chi connectivity index (χ0) is 26.9. The number of halogens is 2. The number of nitrogen functional groups attached to an aromatic ring is 1. The molecule has 1 aliphatic rings. The number of carbonyl (C=O) groups excluding carboxylic acids is 1. The number of benzene rings is 2. The molecule has 2 heterocycles. The first-order valence-corrected chi connectivity index (χ1v) is 12.7. The van der Waals surface area contributed by atoms with Crippen LogP contribution in [0.15, 0.2) is 42.7 Å². The molecule has 2 atom stereocenters. The van der Waals surface area contributed by atoms with Crippen molar-refractivity contribution in [2.75, 3.05) is 36.1 Å². The van der Waals surface area contributed by atoms with E-state index >= 15 is 4.39 Å². The van der Waals surface area contributed by atoms with E-state index in [2.05, 4.69) is 51.3 Å². The van der Waals surface area contributed by atoms with Crippen molar-refractivity contribution in [3.8, 4) is 11.1 Å². The summed E-state index contributed by atoms with van der Waals surface area (Å²) < 4.78 is 15.6. The zero-order valence-corrected chi connectivity index (χ0v) is 22.5. The van der Waals surface area contributed by atoms with Gasteiger partial charge in [0.1, 0.15) is 17.8 Å². The van der Waals surface area contributed by atoms with Crippen LogP contribution < -0.4 is 21.3 Å². The van der Waals surface area contributed by atoms with Gasteiger partial charge in [-0.2, -0.15) is 0 Å². The molecule has 1 aliphatic heterocycles. The van der Waals surface area contributed by atoms with Crippen LogP contribution in [0.3, 0.4) is 0 Å². The molecule has 4 rings (SSSR count). The van der Waals surface area contributed by atoms with Crippen LogP contribution in [-0.4, -0.2) is 59.0 Å². The standard InChI is InChI=1S/C27H33ClFN7O/c1-15(2)33-27(37)19-8-6-18(7-9-19)20-10-22(34-26-24(30)25(28)31-14-32-26)23(11-21(20)29)36-12-16(3)35(5)17(4)13-36/h6-11,14-17H,12-13,30H2,1-5H3,(H,33,37)(H,31,32,34)/t16-,17+. The van der Waals surface area contributed by atoms with Crippen LogP contribution in [-0.2, 0) is 0 Å². The molecule has 1 aromatic heterocycles. The number of hydrogen-bond acceptors (Lipinski definition) is 7. The third-order valence-corrected chi connectivity index (χ3v) is 7.05. The number of hydrogen-bond donors (Lipinski definition) is 3. The minimum absolute atomic E-state index is 0.0218. The highest BCUT2D eigenvalue weighted by molar-refractivity contribution is 6.32. The lowest BCUT2D eigenvalue weighted by Crippen LogP contribution is -2.55. The summed E-state index contributed by atoms with van der Waals surface area (Å²) in [5.74, 6) is -0.197. The highest BCUT2D eigenvalue weighted by Crippen LogP contribution is 2.38. The van der Waals surface area contributed by atoms with Gasteiger partial charge in [-0.3, -0.25) is 9.69 Å². The number of nitrogens with one attached hydrogen (secondary N) is 2. The van der Waals surface area contributed by atoms with Gasteiger partial charge >= 0.3 is 0 Å². The Morgan fingerprint density at radius 3 is 2.41 bits per heavy atom. The molecule has 0 aliphatic carbocycles. The molecular weight excluding hydrogens is 493 g/mol. The van der Waals surface area contributed by atoms with E-state index in [-0.39, 0.29) is 40.7 Å². The van der Waals surface area contributed by atoms with Crippen molar-refractivity contribution in [2.45, 2.75) is 45.8 Å². The predicted molar refractivity (Wildman–Crippen MR) is 148 cm³/mol. The summed E-state index contributed by atoms with van der Waals surface area (Å²) in [6.07, 6.45) is 1.33. The Morgan fingerprint density at radius 1 is 1.14 bits per heavy atom. The van der Waals surface area contributed by atoms with E-state index in [9.17, 15) is 4.79 Å². The zero-order valence-electron chi connectivity index (χ0n) is 21.7. The first-order valence-electron chi connectivity index (χ1n) is 12.3. The van der Waals surface area contributed by atoms with Crippen molar-refractivity contribution in [3.63, 3.8) is 0 Å². The van der Waals surface area contributed by atoms with Crippen LogP contribution in [0.4, 0.5) is 27.3 Å². The summed E-state index contributed by atoms with van der Waals surface area (Å²) in [5, 5.41) is 6.26. The topological polar surface area (TPSA) is 99.4 Å². The van der Waals surface area contributed by atoms with Crippen LogP contribution in [0.2, 0.25) is 5.15 Å². The van der Waals surface area contributed by atoms with Crippen molar-refractivity contribution in [2.24, 2.45) is 0 Å². The lowest BCUT2D eigenvalue weighted by Gasteiger charge is -2.44. The van der Waals surface area contributed by atoms with Crippen molar-refractivity contribution in [1.82, 2.24) is 20.2 Å². The first kappa shape index (κ1) is 26.6. The van der Waals surface area contributed by atoms with Gasteiger partial charge in [-0.15, -0.1) is 0 Å². The monoisotopic (exact) mass is 525 g/mol. The Hall–Kier alpha value is -3.43.